The first-order chi connectivity index (χ1) is 13.5. The first-order valence-electron chi connectivity index (χ1n) is 8.55. The van der Waals surface area contributed by atoms with Gasteiger partial charge in [-0.05, 0) is 39.0 Å². The van der Waals surface area contributed by atoms with Crippen molar-refractivity contribution in [1.82, 2.24) is 5.32 Å². The zero-order chi connectivity index (χ0) is 21.8. The Labute approximate surface area is 172 Å². The molecule has 0 radical (unpaired) electrons. The Morgan fingerprint density at radius 2 is 1.72 bits per heavy atom. The number of rotatable bonds is 6. The third-order valence-electron chi connectivity index (χ3n) is 3.65. The molecule has 0 saturated carbocycles. The lowest BCUT2D eigenvalue weighted by Crippen LogP contribution is -2.42. The molecule has 0 aliphatic heterocycles. The molecule has 0 atom stereocenters. The standard InChI is InChI=1S/C20H19ClN2O6/c1-20(2,3)22-17(24)11-29-19(26)14-7-5-4-6-13(14)18(25)12-8-9-15(21)16(10-12)23(27)28/h4-10H,11H2,1-3H3,(H,22,24). The third-order valence-corrected chi connectivity index (χ3v) is 3.97. The number of carbonyl (C=O) groups excluding carboxylic acids is 3. The molecule has 1 N–H and O–H groups in total. The summed E-state index contributed by atoms with van der Waals surface area (Å²) in [6, 6.07) is 9.47. The first kappa shape index (κ1) is 22.0. The highest BCUT2D eigenvalue weighted by molar-refractivity contribution is 6.33. The van der Waals surface area contributed by atoms with E-state index >= 15 is 0 Å². The van der Waals surface area contributed by atoms with E-state index in [9.17, 15) is 24.5 Å². The van der Waals surface area contributed by atoms with Crippen molar-refractivity contribution in [2.75, 3.05) is 6.61 Å². The maximum atomic E-state index is 12.8. The molecule has 0 bridgehead atoms. The quantitative estimate of drug-likeness (QED) is 0.332. The van der Waals surface area contributed by atoms with Crippen molar-refractivity contribution in [3.63, 3.8) is 0 Å². The Bertz CT molecular complexity index is 981. The zero-order valence-corrected chi connectivity index (χ0v) is 16.8. The number of carbonyl (C=O) groups is 3. The van der Waals surface area contributed by atoms with Crippen molar-refractivity contribution in [3.05, 3.63) is 74.3 Å². The maximum absolute atomic E-state index is 12.8. The number of halogens is 1. The van der Waals surface area contributed by atoms with Crippen LogP contribution in [0.15, 0.2) is 42.5 Å². The molecule has 2 rings (SSSR count). The molecular formula is C20H19ClN2O6. The SMILES string of the molecule is CC(C)(C)NC(=O)COC(=O)c1ccccc1C(=O)c1ccc(Cl)c([N+](=O)[O-])c1. The number of nitrogens with one attached hydrogen (secondary N) is 1. The summed E-state index contributed by atoms with van der Waals surface area (Å²) in [4.78, 5) is 47.4. The molecule has 29 heavy (non-hydrogen) atoms. The Hall–Kier alpha value is -3.26. The van der Waals surface area contributed by atoms with Gasteiger partial charge in [-0.25, -0.2) is 4.79 Å². The van der Waals surface area contributed by atoms with Crippen molar-refractivity contribution >= 4 is 34.9 Å². The van der Waals surface area contributed by atoms with Gasteiger partial charge in [0.25, 0.3) is 11.6 Å². The van der Waals surface area contributed by atoms with Gasteiger partial charge in [0.1, 0.15) is 5.02 Å². The number of nitro benzene ring substituents is 1. The summed E-state index contributed by atoms with van der Waals surface area (Å²) in [5, 5.41) is 13.6. The number of ketones is 1. The van der Waals surface area contributed by atoms with E-state index in [1.54, 1.807) is 26.8 Å². The number of hydrogen-bond acceptors (Lipinski definition) is 6. The number of esters is 1. The van der Waals surface area contributed by atoms with Crippen LogP contribution in [-0.4, -0.2) is 34.7 Å². The summed E-state index contributed by atoms with van der Waals surface area (Å²) in [5.74, 6) is -1.96. The van der Waals surface area contributed by atoms with Crippen molar-refractivity contribution in [1.29, 1.82) is 0 Å². The number of ether oxygens (including phenoxy) is 1. The van der Waals surface area contributed by atoms with Gasteiger partial charge in [0.2, 0.25) is 0 Å². The molecular weight excluding hydrogens is 400 g/mol. The second-order valence-corrected chi connectivity index (χ2v) is 7.58. The molecule has 2 aromatic rings. The number of benzene rings is 2. The van der Waals surface area contributed by atoms with Crippen LogP contribution in [0.3, 0.4) is 0 Å². The van der Waals surface area contributed by atoms with Crippen LogP contribution in [0, 0.1) is 10.1 Å². The second-order valence-electron chi connectivity index (χ2n) is 7.17. The molecule has 0 aromatic heterocycles. The molecule has 9 heteroatoms. The van der Waals surface area contributed by atoms with E-state index < -0.39 is 40.4 Å². The van der Waals surface area contributed by atoms with Crippen LogP contribution in [0.5, 0.6) is 0 Å². The highest BCUT2D eigenvalue weighted by Gasteiger charge is 2.23. The van der Waals surface area contributed by atoms with Gasteiger partial charge in [-0.3, -0.25) is 19.7 Å². The summed E-state index contributed by atoms with van der Waals surface area (Å²) in [6.45, 7) is 4.84. The number of nitro groups is 1. The van der Waals surface area contributed by atoms with Crippen LogP contribution in [0.1, 0.15) is 47.1 Å². The normalized spacial score (nSPS) is 10.9. The highest BCUT2D eigenvalue weighted by Crippen LogP contribution is 2.27. The van der Waals surface area contributed by atoms with Crippen molar-refractivity contribution < 1.29 is 24.0 Å². The van der Waals surface area contributed by atoms with E-state index in [4.69, 9.17) is 16.3 Å². The fourth-order valence-corrected chi connectivity index (χ4v) is 2.66. The van der Waals surface area contributed by atoms with E-state index in [1.807, 2.05) is 0 Å². The predicted octanol–water partition coefficient (Wildman–Crippen LogP) is 3.55. The highest BCUT2D eigenvalue weighted by atomic mass is 35.5. The van der Waals surface area contributed by atoms with Crippen LogP contribution < -0.4 is 5.32 Å². The van der Waals surface area contributed by atoms with Gasteiger partial charge >= 0.3 is 5.97 Å². The van der Waals surface area contributed by atoms with Crippen LogP contribution >= 0.6 is 11.6 Å². The lowest BCUT2D eigenvalue weighted by Gasteiger charge is -2.20. The van der Waals surface area contributed by atoms with E-state index in [-0.39, 0.29) is 21.7 Å². The van der Waals surface area contributed by atoms with Crippen molar-refractivity contribution in [3.8, 4) is 0 Å². The van der Waals surface area contributed by atoms with Gasteiger partial charge in [-0.15, -0.1) is 0 Å². The number of nitrogens with zero attached hydrogens (tertiary/aromatic N) is 1. The minimum atomic E-state index is -0.860. The van der Waals surface area contributed by atoms with Gasteiger partial charge in [-0.2, -0.15) is 0 Å². The maximum Gasteiger partial charge on any atom is 0.339 e. The molecule has 2 aromatic carbocycles. The Morgan fingerprint density at radius 3 is 2.31 bits per heavy atom. The van der Waals surface area contributed by atoms with Gasteiger partial charge in [0.05, 0.1) is 10.5 Å². The fraction of sp³-hybridized carbons (Fsp3) is 0.250. The van der Waals surface area contributed by atoms with E-state index in [0.29, 0.717) is 0 Å². The third kappa shape index (κ3) is 5.86. The molecule has 8 nitrogen and oxygen atoms in total. The van der Waals surface area contributed by atoms with Gasteiger partial charge in [0, 0.05) is 22.7 Å². The monoisotopic (exact) mass is 418 g/mol. The first-order valence-corrected chi connectivity index (χ1v) is 8.93. The predicted molar refractivity (Wildman–Crippen MR) is 106 cm³/mol. The molecule has 0 unspecified atom stereocenters. The van der Waals surface area contributed by atoms with E-state index in [0.717, 1.165) is 6.07 Å². The molecule has 0 fully saturated rings. The average Bonchev–Trinajstić information content (AvgIpc) is 2.64. The van der Waals surface area contributed by atoms with Crippen LogP contribution in [0.25, 0.3) is 0 Å². The van der Waals surface area contributed by atoms with Gasteiger partial charge < -0.3 is 10.1 Å². The lowest BCUT2D eigenvalue weighted by molar-refractivity contribution is -0.384. The number of hydrogen-bond donors (Lipinski definition) is 1. The fourth-order valence-electron chi connectivity index (χ4n) is 2.47. The molecule has 0 heterocycles. The lowest BCUT2D eigenvalue weighted by atomic mass is 9.98. The zero-order valence-electron chi connectivity index (χ0n) is 16.0. The van der Waals surface area contributed by atoms with E-state index in [1.165, 1.54) is 30.3 Å². The number of amides is 1. The van der Waals surface area contributed by atoms with Crippen LogP contribution in [0.2, 0.25) is 5.02 Å². The minimum absolute atomic E-state index is 0.00757. The summed E-state index contributed by atoms with van der Waals surface area (Å²) in [7, 11) is 0. The summed E-state index contributed by atoms with van der Waals surface area (Å²) in [5.41, 5.74) is -0.979. The molecule has 0 saturated heterocycles. The van der Waals surface area contributed by atoms with Crippen LogP contribution in [-0.2, 0) is 9.53 Å². The minimum Gasteiger partial charge on any atom is -0.452 e. The second kappa shape index (κ2) is 8.83. The average molecular weight is 419 g/mol. The topological polar surface area (TPSA) is 116 Å². The van der Waals surface area contributed by atoms with Gasteiger partial charge in [0.15, 0.2) is 12.4 Å². The Kier molecular flexibility index (Phi) is 6.71. The summed E-state index contributed by atoms with van der Waals surface area (Å²) in [6.07, 6.45) is 0. The Morgan fingerprint density at radius 1 is 1.10 bits per heavy atom. The molecule has 152 valence electrons. The smallest absolute Gasteiger partial charge is 0.339 e. The largest absolute Gasteiger partial charge is 0.452 e. The summed E-state index contributed by atoms with van der Waals surface area (Å²) >= 11 is 5.78. The Balaban J connectivity index is 2.25. The molecule has 1 amide bonds. The molecule has 0 aliphatic rings. The summed E-state index contributed by atoms with van der Waals surface area (Å²) < 4.78 is 5.01. The van der Waals surface area contributed by atoms with Crippen LogP contribution in [0.4, 0.5) is 5.69 Å². The van der Waals surface area contributed by atoms with E-state index in [2.05, 4.69) is 5.32 Å². The van der Waals surface area contributed by atoms with Crippen molar-refractivity contribution in [2.45, 2.75) is 26.3 Å². The van der Waals surface area contributed by atoms with Crippen molar-refractivity contribution in [2.24, 2.45) is 0 Å². The molecule has 0 spiro atoms. The molecule has 0 aliphatic carbocycles. The van der Waals surface area contributed by atoms with Gasteiger partial charge in [-0.1, -0.05) is 29.8 Å².